The summed E-state index contributed by atoms with van der Waals surface area (Å²) in [6, 6.07) is 8.87. The summed E-state index contributed by atoms with van der Waals surface area (Å²) in [4.78, 5) is 11.9. The van der Waals surface area contributed by atoms with Gasteiger partial charge in [-0.3, -0.25) is 4.79 Å². The molecule has 0 saturated carbocycles. The quantitative estimate of drug-likeness (QED) is 0.906. The number of benzene rings is 1. The van der Waals surface area contributed by atoms with E-state index in [0.717, 1.165) is 11.3 Å². The van der Waals surface area contributed by atoms with Crippen LogP contribution in [-0.2, 0) is 6.54 Å². The Morgan fingerprint density at radius 3 is 2.48 bits per heavy atom. The van der Waals surface area contributed by atoms with Crippen molar-refractivity contribution in [2.24, 2.45) is 0 Å². The molecule has 1 aromatic carbocycles. The number of aromatic nitrogens is 2. The maximum atomic E-state index is 11.9. The van der Waals surface area contributed by atoms with Crippen LogP contribution in [0.3, 0.4) is 0 Å². The zero-order valence-electron chi connectivity index (χ0n) is 12.2. The summed E-state index contributed by atoms with van der Waals surface area (Å²) in [5, 5.41) is 10.5. The molecule has 2 aromatic rings. The van der Waals surface area contributed by atoms with Gasteiger partial charge in [-0.05, 0) is 36.8 Å². The summed E-state index contributed by atoms with van der Waals surface area (Å²) in [6.45, 7) is 2.19. The van der Waals surface area contributed by atoms with E-state index in [1.807, 2.05) is 19.1 Å². The molecule has 6 nitrogen and oxygen atoms in total. The lowest BCUT2D eigenvalue weighted by Crippen LogP contribution is -2.24. The number of carbonyl (C=O) groups is 1. The first kappa shape index (κ1) is 14.8. The number of amides is 1. The zero-order valence-corrected chi connectivity index (χ0v) is 12.2. The zero-order chi connectivity index (χ0) is 15.2. The number of methoxy groups -OCH3 is 2. The molecule has 6 heteroatoms. The van der Waals surface area contributed by atoms with Gasteiger partial charge in [-0.25, -0.2) is 0 Å². The summed E-state index contributed by atoms with van der Waals surface area (Å²) < 4.78 is 10.4. The lowest BCUT2D eigenvalue weighted by Gasteiger charge is -2.10. The molecule has 0 saturated heterocycles. The van der Waals surface area contributed by atoms with Crippen molar-refractivity contribution < 1.29 is 14.3 Å². The van der Waals surface area contributed by atoms with Crippen LogP contribution in [0.1, 0.15) is 21.7 Å². The molecule has 0 atom stereocenters. The van der Waals surface area contributed by atoms with Crippen molar-refractivity contribution in [3.8, 4) is 11.5 Å². The Kier molecular flexibility index (Phi) is 4.71. The van der Waals surface area contributed by atoms with Crippen LogP contribution in [0.4, 0.5) is 0 Å². The van der Waals surface area contributed by atoms with Crippen LogP contribution in [-0.4, -0.2) is 30.3 Å². The summed E-state index contributed by atoms with van der Waals surface area (Å²) in [7, 11) is 3.15. The maximum absolute atomic E-state index is 11.9. The summed E-state index contributed by atoms with van der Waals surface area (Å²) in [5.41, 5.74) is 1.97. The Morgan fingerprint density at radius 1 is 1.10 bits per heavy atom. The van der Waals surface area contributed by atoms with Gasteiger partial charge in [-0.1, -0.05) is 6.07 Å². The molecular formula is C15H17N3O3. The Labute approximate surface area is 123 Å². The average molecular weight is 287 g/mol. The molecule has 110 valence electrons. The standard InChI is InChI=1S/C15H17N3O3/c1-10-4-6-12(18-17-10)15(19)16-9-11-5-7-13(20-2)14(8-11)21-3/h4-8H,9H2,1-3H3,(H,16,19). The van der Waals surface area contributed by atoms with Crippen molar-refractivity contribution in [1.82, 2.24) is 15.5 Å². The van der Waals surface area contributed by atoms with Gasteiger partial charge in [0.1, 0.15) is 0 Å². The van der Waals surface area contributed by atoms with Gasteiger partial charge in [0.05, 0.1) is 19.9 Å². The third kappa shape index (κ3) is 3.68. The minimum Gasteiger partial charge on any atom is -0.493 e. The number of ether oxygens (including phenoxy) is 2. The van der Waals surface area contributed by atoms with Crippen LogP contribution >= 0.6 is 0 Å². The molecule has 0 spiro atoms. The van der Waals surface area contributed by atoms with Crippen LogP contribution in [0.15, 0.2) is 30.3 Å². The van der Waals surface area contributed by atoms with Crippen molar-refractivity contribution in [2.75, 3.05) is 14.2 Å². The van der Waals surface area contributed by atoms with Gasteiger partial charge in [0.15, 0.2) is 17.2 Å². The Hall–Kier alpha value is -2.63. The highest BCUT2D eigenvalue weighted by Crippen LogP contribution is 2.27. The average Bonchev–Trinajstić information content (AvgIpc) is 2.52. The molecular weight excluding hydrogens is 270 g/mol. The lowest BCUT2D eigenvalue weighted by atomic mass is 10.2. The van der Waals surface area contributed by atoms with E-state index >= 15 is 0 Å². The van der Waals surface area contributed by atoms with Gasteiger partial charge in [0.2, 0.25) is 0 Å². The second-order valence-corrected chi connectivity index (χ2v) is 4.43. The van der Waals surface area contributed by atoms with E-state index in [4.69, 9.17) is 9.47 Å². The smallest absolute Gasteiger partial charge is 0.272 e. The maximum Gasteiger partial charge on any atom is 0.272 e. The van der Waals surface area contributed by atoms with Crippen LogP contribution in [0, 0.1) is 6.92 Å². The Morgan fingerprint density at radius 2 is 1.86 bits per heavy atom. The van der Waals surface area contributed by atoms with Crippen molar-refractivity contribution in [3.05, 3.63) is 47.3 Å². The highest BCUT2D eigenvalue weighted by atomic mass is 16.5. The fraction of sp³-hybridized carbons (Fsp3) is 0.267. The monoisotopic (exact) mass is 287 g/mol. The van der Waals surface area contributed by atoms with Gasteiger partial charge >= 0.3 is 0 Å². The van der Waals surface area contributed by atoms with Gasteiger partial charge < -0.3 is 14.8 Å². The minimum absolute atomic E-state index is 0.266. The number of nitrogens with one attached hydrogen (secondary N) is 1. The summed E-state index contributed by atoms with van der Waals surface area (Å²) in [6.07, 6.45) is 0. The van der Waals surface area contributed by atoms with Crippen molar-refractivity contribution >= 4 is 5.91 Å². The first-order chi connectivity index (χ1) is 10.1. The summed E-state index contributed by atoms with van der Waals surface area (Å²) in [5.74, 6) is 1.01. The minimum atomic E-state index is -0.266. The number of nitrogens with zero attached hydrogens (tertiary/aromatic N) is 2. The molecule has 1 amide bonds. The second kappa shape index (κ2) is 6.69. The molecule has 1 heterocycles. The van der Waals surface area contributed by atoms with E-state index in [1.54, 1.807) is 32.4 Å². The van der Waals surface area contributed by atoms with E-state index in [9.17, 15) is 4.79 Å². The molecule has 0 fully saturated rings. The third-order valence-electron chi connectivity index (χ3n) is 2.93. The fourth-order valence-corrected chi connectivity index (χ4v) is 1.78. The molecule has 0 aliphatic carbocycles. The SMILES string of the molecule is COc1ccc(CNC(=O)c2ccc(C)nn2)cc1OC. The highest BCUT2D eigenvalue weighted by molar-refractivity contribution is 5.91. The normalized spacial score (nSPS) is 10.0. The number of carbonyl (C=O) groups excluding carboxylic acids is 1. The first-order valence-corrected chi connectivity index (χ1v) is 6.43. The van der Waals surface area contributed by atoms with E-state index in [1.165, 1.54) is 0 Å². The predicted molar refractivity (Wildman–Crippen MR) is 77.5 cm³/mol. The molecule has 0 unspecified atom stereocenters. The molecule has 0 aliphatic heterocycles. The molecule has 1 aromatic heterocycles. The molecule has 2 rings (SSSR count). The molecule has 0 aliphatic rings. The van der Waals surface area contributed by atoms with E-state index in [0.29, 0.717) is 23.7 Å². The number of hydrogen-bond donors (Lipinski definition) is 1. The topological polar surface area (TPSA) is 73.3 Å². The molecule has 21 heavy (non-hydrogen) atoms. The van der Waals surface area contributed by atoms with Crippen molar-refractivity contribution in [1.29, 1.82) is 0 Å². The fourth-order valence-electron chi connectivity index (χ4n) is 1.78. The van der Waals surface area contributed by atoms with Gasteiger partial charge in [0, 0.05) is 6.54 Å². The Bertz CT molecular complexity index is 627. The van der Waals surface area contributed by atoms with Crippen molar-refractivity contribution in [3.63, 3.8) is 0 Å². The number of rotatable bonds is 5. The molecule has 1 N–H and O–H groups in total. The van der Waals surface area contributed by atoms with E-state index in [2.05, 4.69) is 15.5 Å². The molecule has 0 bridgehead atoms. The largest absolute Gasteiger partial charge is 0.493 e. The van der Waals surface area contributed by atoms with Gasteiger partial charge in [0.25, 0.3) is 5.91 Å². The first-order valence-electron chi connectivity index (χ1n) is 6.43. The van der Waals surface area contributed by atoms with Crippen LogP contribution < -0.4 is 14.8 Å². The van der Waals surface area contributed by atoms with Crippen LogP contribution in [0.5, 0.6) is 11.5 Å². The van der Waals surface area contributed by atoms with E-state index in [-0.39, 0.29) is 5.91 Å². The number of aryl methyl sites for hydroxylation is 1. The Balaban J connectivity index is 2.02. The predicted octanol–water partition coefficient (Wildman–Crippen LogP) is 1.73. The lowest BCUT2D eigenvalue weighted by molar-refractivity contribution is 0.0945. The molecule has 0 radical (unpaired) electrons. The van der Waals surface area contributed by atoms with Gasteiger partial charge in [-0.2, -0.15) is 5.10 Å². The van der Waals surface area contributed by atoms with Crippen molar-refractivity contribution in [2.45, 2.75) is 13.5 Å². The highest BCUT2D eigenvalue weighted by Gasteiger charge is 2.09. The van der Waals surface area contributed by atoms with E-state index < -0.39 is 0 Å². The second-order valence-electron chi connectivity index (χ2n) is 4.43. The van der Waals surface area contributed by atoms with Gasteiger partial charge in [-0.15, -0.1) is 5.10 Å². The van der Waals surface area contributed by atoms with Crippen LogP contribution in [0.25, 0.3) is 0 Å². The summed E-state index contributed by atoms with van der Waals surface area (Å²) >= 11 is 0. The third-order valence-corrected chi connectivity index (χ3v) is 2.93. The number of hydrogen-bond acceptors (Lipinski definition) is 5. The van der Waals surface area contributed by atoms with Crippen LogP contribution in [0.2, 0.25) is 0 Å².